The Bertz CT molecular complexity index is 1290. The molecule has 0 radical (unpaired) electrons. The summed E-state index contributed by atoms with van der Waals surface area (Å²) in [6.45, 7) is 11.6. The Morgan fingerprint density at radius 1 is 0.758 bits per heavy atom. The molecular weight excluding hydrogens is 436 g/mol. The fourth-order valence-corrected chi connectivity index (χ4v) is 6.27. The van der Waals surface area contributed by atoms with Crippen LogP contribution in [0.2, 0.25) is 0 Å². The summed E-state index contributed by atoms with van der Waals surface area (Å²) >= 11 is 0. The number of rotatable bonds is 4. The number of phenols is 2. The predicted molar refractivity (Wildman–Crippen MR) is 128 cm³/mol. The quantitative estimate of drug-likeness (QED) is 0.463. The lowest BCUT2D eigenvalue weighted by Crippen LogP contribution is -2.32. The van der Waals surface area contributed by atoms with E-state index in [4.69, 9.17) is 4.18 Å². The maximum Gasteiger partial charge on any atom is 0.298 e. The molecule has 0 saturated heterocycles. The molecule has 0 unspecified atom stereocenters. The van der Waals surface area contributed by atoms with Gasteiger partial charge in [-0.05, 0) is 89.4 Å². The molecular formula is C27H30O5S. The standard InChI is InChI=1S/C27H30O5S/c1-15(2)19-13-22(17(5)11-24(19)28)27(21-9-7-8-10-26(21)33(30,31)32-27)23-14-20(16(3)4)25(29)12-18(23)6/h7-16,28-29H,1-6H3. The van der Waals surface area contributed by atoms with Crippen LogP contribution in [0.4, 0.5) is 0 Å². The second-order valence-corrected chi connectivity index (χ2v) is 11.0. The van der Waals surface area contributed by atoms with Gasteiger partial charge in [0.2, 0.25) is 0 Å². The van der Waals surface area contributed by atoms with Crippen molar-refractivity contribution < 1.29 is 22.8 Å². The van der Waals surface area contributed by atoms with Crippen LogP contribution in [0, 0.1) is 13.8 Å². The highest BCUT2D eigenvalue weighted by molar-refractivity contribution is 7.87. The second kappa shape index (κ2) is 7.89. The number of hydrogen-bond donors (Lipinski definition) is 2. The Kier molecular flexibility index (Phi) is 5.58. The van der Waals surface area contributed by atoms with Crippen LogP contribution in [0.25, 0.3) is 0 Å². The van der Waals surface area contributed by atoms with E-state index in [1.807, 2.05) is 53.7 Å². The van der Waals surface area contributed by atoms with E-state index in [1.165, 1.54) is 0 Å². The van der Waals surface area contributed by atoms with Gasteiger partial charge in [-0.3, -0.25) is 0 Å². The van der Waals surface area contributed by atoms with Gasteiger partial charge < -0.3 is 10.2 Å². The highest BCUT2D eigenvalue weighted by Crippen LogP contribution is 2.53. The summed E-state index contributed by atoms with van der Waals surface area (Å²) in [5.74, 6) is 0.366. The molecule has 0 amide bonds. The number of benzene rings is 3. The van der Waals surface area contributed by atoms with Gasteiger partial charge in [-0.25, -0.2) is 4.18 Å². The second-order valence-electron chi connectivity index (χ2n) is 9.48. The molecule has 0 fully saturated rings. The highest BCUT2D eigenvalue weighted by atomic mass is 32.2. The Morgan fingerprint density at radius 2 is 1.21 bits per heavy atom. The van der Waals surface area contributed by atoms with Crippen LogP contribution in [0.5, 0.6) is 11.5 Å². The SMILES string of the molecule is Cc1cc(O)c(C(C)C)cc1C1(c2cc(C(C)C)c(O)cc2C)OS(=O)(=O)c2ccccc21. The van der Waals surface area contributed by atoms with Crippen molar-refractivity contribution in [3.63, 3.8) is 0 Å². The smallest absolute Gasteiger partial charge is 0.298 e. The molecule has 6 heteroatoms. The van der Waals surface area contributed by atoms with Gasteiger partial charge in [0.15, 0.2) is 5.60 Å². The van der Waals surface area contributed by atoms with E-state index < -0.39 is 15.7 Å². The van der Waals surface area contributed by atoms with E-state index in [1.54, 1.807) is 36.4 Å². The first-order valence-corrected chi connectivity index (χ1v) is 12.5. The minimum Gasteiger partial charge on any atom is -0.508 e. The molecule has 0 aromatic heterocycles. The van der Waals surface area contributed by atoms with E-state index in [2.05, 4.69) is 0 Å². The summed E-state index contributed by atoms with van der Waals surface area (Å²) in [6.07, 6.45) is 0. The molecule has 5 nitrogen and oxygen atoms in total. The van der Waals surface area contributed by atoms with Crippen molar-refractivity contribution in [1.82, 2.24) is 0 Å². The molecule has 0 atom stereocenters. The zero-order valence-corrected chi connectivity index (χ0v) is 20.6. The van der Waals surface area contributed by atoms with Crippen LogP contribution in [0.15, 0.2) is 53.4 Å². The molecule has 174 valence electrons. The maximum atomic E-state index is 13.3. The van der Waals surface area contributed by atoms with Crippen LogP contribution in [0.3, 0.4) is 0 Å². The molecule has 4 rings (SSSR count). The molecule has 1 aliphatic rings. The zero-order valence-electron chi connectivity index (χ0n) is 19.8. The van der Waals surface area contributed by atoms with Crippen molar-refractivity contribution in [1.29, 1.82) is 0 Å². The lowest BCUT2D eigenvalue weighted by Gasteiger charge is -2.33. The van der Waals surface area contributed by atoms with Gasteiger partial charge in [-0.2, -0.15) is 8.42 Å². The molecule has 0 spiro atoms. The van der Waals surface area contributed by atoms with Crippen LogP contribution < -0.4 is 0 Å². The first-order chi connectivity index (χ1) is 15.4. The van der Waals surface area contributed by atoms with E-state index in [-0.39, 0.29) is 28.2 Å². The van der Waals surface area contributed by atoms with Gasteiger partial charge in [0.1, 0.15) is 16.4 Å². The van der Waals surface area contributed by atoms with E-state index in [0.29, 0.717) is 38.9 Å². The van der Waals surface area contributed by atoms with Gasteiger partial charge >= 0.3 is 0 Å². The molecule has 0 aliphatic carbocycles. The van der Waals surface area contributed by atoms with Crippen molar-refractivity contribution in [3.8, 4) is 11.5 Å². The predicted octanol–water partition coefficient (Wildman–Crippen LogP) is 5.97. The lowest BCUT2D eigenvalue weighted by atomic mass is 9.75. The van der Waals surface area contributed by atoms with Gasteiger partial charge in [-0.15, -0.1) is 0 Å². The Balaban J connectivity index is 2.20. The number of aryl methyl sites for hydroxylation is 2. The molecule has 3 aromatic carbocycles. The first-order valence-electron chi connectivity index (χ1n) is 11.1. The molecule has 33 heavy (non-hydrogen) atoms. The van der Waals surface area contributed by atoms with Crippen molar-refractivity contribution in [3.05, 3.63) is 87.5 Å². The number of hydrogen-bond acceptors (Lipinski definition) is 5. The maximum absolute atomic E-state index is 13.3. The van der Waals surface area contributed by atoms with E-state index in [9.17, 15) is 18.6 Å². The summed E-state index contributed by atoms with van der Waals surface area (Å²) in [4.78, 5) is 0.127. The fourth-order valence-electron chi connectivity index (χ4n) is 4.86. The van der Waals surface area contributed by atoms with Crippen molar-refractivity contribution in [2.75, 3.05) is 0 Å². The highest BCUT2D eigenvalue weighted by Gasteiger charge is 2.52. The summed E-state index contributed by atoms with van der Waals surface area (Å²) in [5.41, 5.74) is 3.23. The topological polar surface area (TPSA) is 83.8 Å². The molecule has 0 bridgehead atoms. The van der Waals surface area contributed by atoms with Gasteiger partial charge in [-0.1, -0.05) is 45.9 Å². The molecule has 1 heterocycles. The van der Waals surface area contributed by atoms with Crippen molar-refractivity contribution in [2.24, 2.45) is 0 Å². The van der Waals surface area contributed by atoms with Crippen molar-refractivity contribution >= 4 is 10.1 Å². The minimum atomic E-state index is -4.05. The third kappa shape index (κ3) is 3.52. The average Bonchev–Trinajstić information content (AvgIpc) is 2.96. The fraction of sp³-hybridized carbons (Fsp3) is 0.333. The average molecular weight is 467 g/mol. The monoisotopic (exact) mass is 466 g/mol. The number of fused-ring (bicyclic) bond motifs is 1. The molecule has 2 N–H and O–H groups in total. The van der Waals surface area contributed by atoms with Gasteiger partial charge in [0.25, 0.3) is 10.1 Å². The third-order valence-corrected chi connectivity index (χ3v) is 7.88. The summed E-state index contributed by atoms with van der Waals surface area (Å²) in [6, 6.07) is 13.9. The zero-order chi connectivity index (χ0) is 24.3. The van der Waals surface area contributed by atoms with Crippen LogP contribution >= 0.6 is 0 Å². The van der Waals surface area contributed by atoms with Crippen molar-refractivity contribution in [2.45, 2.75) is 63.9 Å². The van der Waals surface area contributed by atoms with E-state index >= 15 is 0 Å². The molecule has 0 saturated carbocycles. The molecule has 1 aliphatic heterocycles. The molecule has 3 aromatic rings. The normalized spacial score (nSPS) is 16.4. The number of aromatic hydroxyl groups is 2. The summed E-state index contributed by atoms with van der Waals surface area (Å²) in [7, 11) is -4.05. The largest absolute Gasteiger partial charge is 0.508 e. The third-order valence-electron chi connectivity index (χ3n) is 6.52. The summed E-state index contributed by atoms with van der Waals surface area (Å²) < 4.78 is 32.7. The van der Waals surface area contributed by atoms with Crippen LogP contribution in [0.1, 0.15) is 78.5 Å². The van der Waals surface area contributed by atoms with Gasteiger partial charge in [0.05, 0.1) is 0 Å². The van der Waals surface area contributed by atoms with Crippen LogP contribution in [-0.4, -0.2) is 18.6 Å². The van der Waals surface area contributed by atoms with Gasteiger partial charge in [0, 0.05) is 5.56 Å². The number of phenolic OH excluding ortho intramolecular Hbond substituents is 2. The van der Waals surface area contributed by atoms with E-state index in [0.717, 1.165) is 0 Å². The minimum absolute atomic E-state index is 0.0155. The van der Waals surface area contributed by atoms with Crippen LogP contribution in [-0.2, 0) is 19.9 Å². The Morgan fingerprint density at radius 3 is 1.67 bits per heavy atom. The Labute approximate surface area is 195 Å². The lowest BCUT2D eigenvalue weighted by molar-refractivity contribution is 0.178. The Hall–Kier alpha value is -2.83. The first kappa shape index (κ1) is 23.3. The summed E-state index contributed by atoms with van der Waals surface area (Å²) in [5, 5.41) is 21.2.